The Labute approximate surface area is 169 Å². The molecule has 1 aliphatic heterocycles. The minimum absolute atomic E-state index is 0.279. The molecule has 0 aliphatic carbocycles. The number of aromatic nitrogens is 1. The largest absolute Gasteiger partial charge is 0.450 e. The van der Waals surface area contributed by atoms with E-state index >= 15 is 0 Å². The molecule has 2 atom stereocenters. The number of hydrogen-bond acceptors (Lipinski definition) is 6. The van der Waals surface area contributed by atoms with Crippen LogP contribution in [0.3, 0.4) is 0 Å². The van der Waals surface area contributed by atoms with Gasteiger partial charge in [-0.1, -0.05) is 30.3 Å². The molecule has 1 aromatic heterocycles. The van der Waals surface area contributed by atoms with Gasteiger partial charge in [0.2, 0.25) is 10.0 Å². The molecule has 9 heteroatoms. The Morgan fingerprint density at radius 1 is 1.36 bits per heavy atom. The molecule has 1 aliphatic rings. The van der Waals surface area contributed by atoms with Gasteiger partial charge in [0.25, 0.3) is 0 Å². The molecule has 2 heterocycles. The highest BCUT2D eigenvalue weighted by Crippen LogP contribution is 2.27. The third kappa shape index (κ3) is 5.30. The number of rotatable bonds is 6. The molecule has 0 radical (unpaired) electrons. The van der Waals surface area contributed by atoms with Crippen LogP contribution in [0.4, 0.5) is 4.79 Å². The lowest BCUT2D eigenvalue weighted by Crippen LogP contribution is -2.57. The molecule has 2 unspecified atom stereocenters. The number of carbonyl (C=O) groups excluding carboxylic acids is 1. The van der Waals surface area contributed by atoms with Gasteiger partial charge in [-0.05, 0) is 19.8 Å². The van der Waals surface area contributed by atoms with Crippen molar-refractivity contribution >= 4 is 27.5 Å². The van der Waals surface area contributed by atoms with Gasteiger partial charge >= 0.3 is 6.09 Å². The summed E-state index contributed by atoms with van der Waals surface area (Å²) in [5, 5.41) is 2.85. The van der Waals surface area contributed by atoms with E-state index in [1.165, 1.54) is 11.3 Å². The summed E-state index contributed by atoms with van der Waals surface area (Å²) in [5.74, 6) is 0. The Bertz CT molecular complexity index is 899. The molecule has 1 aromatic carbocycles. The molecule has 2 aromatic rings. The highest BCUT2D eigenvalue weighted by Gasteiger charge is 2.37. The van der Waals surface area contributed by atoms with Crippen LogP contribution in [0.15, 0.2) is 35.7 Å². The van der Waals surface area contributed by atoms with Crippen LogP contribution >= 0.6 is 11.3 Å². The second-order valence-corrected chi connectivity index (χ2v) is 9.52. The van der Waals surface area contributed by atoms with Crippen molar-refractivity contribution in [2.45, 2.75) is 38.3 Å². The fourth-order valence-electron chi connectivity index (χ4n) is 3.48. The number of likely N-dealkylation sites (tertiary alicyclic amines) is 1. The fraction of sp³-hybridized carbons (Fsp3) is 0.474. The average Bonchev–Trinajstić information content (AvgIpc) is 3.11. The van der Waals surface area contributed by atoms with Crippen molar-refractivity contribution in [1.82, 2.24) is 14.6 Å². The van der Waals surface area contributed by atoms with Crippen molar-refractivity contribution in [3.63, 3.8) is 0 Å². The van der Waals surface area contributed by atoms with Crippen LogP contribution in [0.25, 0.3) is 11.3 Å². The van der Waals surface area contributed by atoms with Crippen molar-refractivity contribution in [3.8, 4) is 11.3 Å². The number of carbonyl (C=O) groups is 1. The number of amides is 1. The highest BCUT2D eigenvalue weighted by atomic mass is 32.2. The first-order valence-corrected chi connectivity index (χ1v) is 12.0. The Kier molecular flexibility index (Phi) is 6.69. The second kappa shape index (κ2) is 9.02. The van der Waals surface area contributed by atoms with Gasteiger partial charge in [-0.3, -0.25) is 0 Å². The van der Waals surface area contributed by atoms with Crippen LogP contribution in [0.5, 0.6) is 0 Å². The van der Waals surface area contributed by atoms with E-state index in [1.807, 2.05) is 35.7 Å². The van der Waals surface area contributed by atoms with Crippen molar-refractivity contribution in [2.24, 2.45) is 0 Å². The van der Waals surface area contributed by atoms with E-state index in [1.54, 1.807) is 11.8 Å². The van der Waals surface area contributed by atoms with E-state index in [2.05, 4.69) is 4.72 Å². The number of nitrogens with zero attached hydrogens (tertiary/aromatic N) is 2. The molecule has 28 heavy (non-hydrogen) atoms. The number of thiazole rings is 1. The fourth-order valence-corrected chi connectivity index (χ4v) is 5.16. The summed E-state index contributed by atoms with van der Waals surface area (Å²) in [5.41, 5.74) is 1.91. The molecular weight excluding hydrogens is 398 g/mol. The van der Waals surface area contributed by atoms with Gasteiger partial charge in [0.05, 0.1) is 29.6 Å². The summed E-state index contributed by atoms with van der Waals surface area (Å²) >= 11 is 1.52. The lowest BCUT2D eigenvalue weighted by Gasteiger charge is -2.40. The molecular formula is C19H25N3O4S2. The number of sulfonamides is 1. The molecule has 1 fully saturated rings. The topological polar surface area (TPSA) is 88.6 Å². The standard InChI is InChI=1S/C19H25N3O4S2/c1-3-26-19(23)22-11-7-10-15(21-28(2,24)25)17(22)12-18-20-16(13-27-18)14-8-5-4-6-9-14/h4-6,8-9,13,15,17,21H,3,7,10-12H2,1-2H3. The number of ether oxygens (including phenoxy) is 1. The van der Waals surface area contributed by atoms with E-state index in [0.29, 0.717) is 19.4 Å². The molecule has 0 spiro atoms. The van der Waals surface area contributed by atoms with Gasteiger partial charge in [-0.15, -0.1) is 11.3 Å². The smallest absolute Gasteiger partial charge is 0.410 e. The van der Waals surface area contributed by atoms with Crippen molar-refractivity contribution < 1.29 is 17.9 Å². The molecule has 152 valence electrons. The summed E-state index contributed by atoms with van der Waals surface area (Å²) in [7, 11) is -3.39. The quantitative estimate of drug-likeness (QED) is 0.772. The SMILES string of the molecule is CCOC(=O)N1CCCC(NS(C)(=O)=O)C1Cc1nc(-c2ccccc2)cs1. The molecule has 0 saturated carbocycles. The molecule has 1 saturated heterocycles. The first-order chi connectivity index (χ1) is 13.4. The van der Waals surface area contributed by atoms with Gasteiger partial charge in [-0.25, -0.2) is 22.9 Å². The zero-order chi connectivity index (χ0) is 20.1. The van der Waals surface area contributed by atoms with Crippen molar-refractivity contribution in [1.29, 1.82) is 0 Å². The highest BCUT2D eigenvalue weighted by molar-refractivity contribution is 7.88. The van der Waals surface area contributed by atoms with Gasteiger partial charge < -0.3 is 9.64 Å². The van der Waals surface area contributed by atoms with E-state index < -0.39 is 16.1 Å². The van der Waals surface area contributed by atoms with Crippen LogP contribution in [0.1, 0.15) is 24.8 Å². The van der Waals surface area contributed by atoms with Gasteiger partial charge in [0.1, 0.15) is 0 Å². The van der Waals surface area contributed by atoms with Crippen LogP contribution in [0.2, 0.25) is 0 Å². The van der Waals surface area contributed by atoms with Gasteiger partial charge in [-0.2, -0.15) is 0 Å². The Morgan fingerprint density at radius 2 is 2.11 bits per heavy atom. The number of hydrogen-bond donors (Lipinski definition) is 1. The first-order valence-electron chi connectivity index (χ1n) is 9.28. The maximum absolute atomic E-state index is 12.4. The third-order valence-corrected chi connectivity index (χ3v) is 6.25. The van der Waals surface area contributed by atoms with E-state index in [9.17, 15) is 13.2 Å². The molecule has 0 bridgehead atoms. The first kappa shape index (κ1) is 20.8. The lowest BCUT2D eigenvalue weighted by atomic mass is 9.95. The zero-order valence-electron chi connectivity index (χ0n) is 16.0. The normalized spacial score (nSPS) is 20.1. The minimum Gasteiger partial charge on any atom is -0.450 e. The average molecular weight is 424 g/mol. The molecule has 1 N–H and O–H groups in total. The molecule has 1 amide bonds. The maximum atomic E-state index is 12.4. The van der Waals surface area contributed by atoms with Crippen LogP contribution in [-0.4, -0.2) is 55.9 Å². The molecule has 3 rings (SSSR count). The Hall–Kier alpha value is -1.97. The summed E-state index contributed by atoms with van der Waals surface area (Å²) in [6.07, 6.45) is 2.60. The van der Waals surface area contributed by atoms with E-state index in [0.717, 1.165) is 28.9 Å². The zero-order valence-corrected chi connectivity index (χ0v) is 17.6. The Morgan fingerprint density at radius 3 is 2.79 bits per heavy atom. The maximum Gasteiger partial charge on any atom is 0.410 e. The van der Waals surface area contributed by atoms with Crippen LogP contribution in [0, 0.1) is 0 Å². The number of piperidine rings is 1. The predicted molar refractivity (Wildman–Crippen MR) is 110 cm³/mol. The van der Waals surface area contributed by atoms with Crippen LogP contribution in [-0.2, 0) is 21.2 Å². The minimum atomic E-state index is -3.39. The lowest BCUT2D eigenvalue weighted by molar-refractivity contribution is 0.0678. The summed E-state index contributed by atoms with van der Waals surface area (Å²) in [6.45, 7) is 2.58. The van der Waals surface area contributed by atoms with Gasteiger partial charge in [0, 0.05) is 30.0 Å². The Balaban J connectivity index is 1.84. The number of benzene rings is 1. The molecule has 7 nitrogen and oxygen atoms in total. The van der Waals surface area contributed by atoms with Gasteiger partial charge in [0.15, 0.2) is 0 Å². The van der Waals surface area contributed by atoms with Crippen LogP contribution < -0.4 is 4.72 Å². The van der Waals surface area contributed by atoms with Crippen molar-refractivity contribution in [2.75, 3.05) is 19.4 Å². The summed E-state index contributed by atoms with van der Waals surface area (Å²) in [4.78, 5) is 18.8. The number of nitrogens with one attached hydrogen (secondary N) is 1. The van der Waals surface area contributed by atoms with E-state index in [-0.39, 0.29) is 18.7 Å². The second-order valence-electron chi connectivity index (χ2n) is 6.80. The predicted octanol–water partition coefficient (Wildman–Crippen LogP) is 2.89. The van der Waals surface area contributed by atoms with E-state index in [4.69, 9.17) is 9.72 Å². The van der Waals surface area contributed by atoms with Crippen molar-refractivity contribution in [3.05, 3.63) is 40.7 Å². The summed E-state index contributed by atoms with van der Waals surface area (Å²) < 4.78 is 31.5. The third-order valence-electron chi connectivity index (χ3n) is 4.65. The summed E-state index contributed by atoms with van der Waals surface area (Å²) in [6, 6.07) is 9.18. The monoisotopic (exact) mass is 423 g/mol.